The third-order valence-corrected chi connectivity index (χ3v) is 3.16. The molecule has 0 aliphatic heterocycles. The van der Waals surface area contributed by atoms with Crippen LogP contribution in [-0.2, 0) is 6.18 Å². The van der Waals surface area contributed by atoms with Crippen LogP contribution in [0.5, 0.6) is 0 Å². The highest BCUT2D eigenvalue weighted by atomic mass is 35.5. The van der Waals surface area contributed by atoms with Gasteiger partial charge in [0.25, 0.3) is 5.56 Å². The number of halogens is 5. The first-order chi connectivity index (χ1) is 8.79. The smallest absolute Gasteiger partial charge is 0.284 e. The predicted molar refractivity (Wildman–Crippen MR) is 67.1 cm³/mol. The Labute approximate surface area is 116 Å². The standard InChI is InChI=1S/C12H6Cl2F3NO/c13-9-3-2-8(5-10(9)14)18-6-7(12(15,16)17)1-4-11(18)19/h1-6H. The second kappa shape index (κ2) is 4.90. The first-order valence-electron chi connectivity index (χ1n) is 5.04. The fourth-order valence-corrected chi connectivity index (χ4v) is 1.78. The van der Waals surface area contributed by atoms with Gasteiger partial charge < -0.3 is 0 Å². The van der Waals surface area contributed by atoms with Crippen molar-refractivity contribution < 1.29 is 13.2 Å². The van der Waals surface area contributed by atoms with Crippen LogP contribution in [0, 0.1) is 0 Å². The van der Waals surface area contributed by atoms with E-state index in [9.17, 15) is 18.0 Å². The highest BCUT2D eigenvalue weighted by Gasteiger charge is 2.31. The Morgan fingerprint density at radius 1 is 1.00 bits per heavy atom. The molecule has 0 saturated heterocycles. The summed E-state index contributed by atoms with van der Waals surface area (Å²) in [5.74, 6) is 0. The number of benzene rings is 1. The Morgan fingerprint density at radius 2 is 1.68 bits per heavy atom. The van der Waals surface area contributed by atoms with Crippen LogP contribution in [0.1, 0.15) is 5.56 Å². The van der Waals surface area contributed by atoms with Crippen molar-refractivity contribution >= 4 is 23.2 Å². The number of alkyl halides is 3. The van der Waals surface area contributed by atoms with E-state index >= 15 is 0 Å². The summed E-state index contributed by atoms with van der Waals surface area (Å²) in [5, 5.41) is 0.411. The van der Waals surface area contributed by atoms with Crippen LogP contribution in [0.2, 0.25) is 10.0 Å². The monoisotopic (exact) mass is 307 g/mol. The number of nitrogens with zero attached hydrogens (tertiary/aromatic N) is 1. The zero-order valence-corrected chi connectivity index (χ0v) is 10.7. The Hall–Kier alpha value is -1.46. The zero-order chi connectivity index (χ0) is 14.2. The van der Waals surface area contributed by atoms with E-state index in [0.717, 1.165) is 22.9 Å². The van der Waals surface area contributed by atoms with E-state index in [0.29, 0.717) is 0 Å². The molecule has 1 heterocycles. The van der Waals surface area contributed by atoms with E-state index < -0.39 is 17.3 Å². The molecule has 19 heavy (non-hydrogen) atoms. The molecule has 1 aromatic heterocycles. The van der Waals surface area contributed by atoms with E-state index in [1.807, 2.05) is 0 Å². The maximum atomic E-state index is 12.6. The summed E-state index contributed by atoms with van der Waals surface area (Å²) in [4.78, 5) is 11.6. The lowest BCUT2D eigenvalue weighted by atomic mass is 10.2. The van der Waals surface area contributed by atoms with E-state index in [-0.39, 0.29) is 15.7 Å². The summed E-state index contributed by atoms with van der Waals surface area (Å²) in [7, 11) is 0. The highest BCUT2D eigenvalue weighted by molar-refractivity contribution is 6.42. The molecule has 0 unspecified atom stereocenters. The average molecular weight is 308 g/mol. The summed E-state index contributed by atoms with van der Waals surface area (Å²) in [6.45, 7) is 0. The van der Waals surface area contributed by atoms with Crippen molar-refractivity contribution in [2.24, 2.45) is 0 Å². The zero-order valence-electron chi connectivity index (χ0n) is 9.21. The number of hydrogen-bond acceptors (Lipinski definition) is 1. The first-order valence-corrected chi connectivity index (χ1v) is 5.80. The molecule has 0 saturated carbocycles. The summed E-state index contributed by atoms with van der Waals surface area (Å²) in [5.41, 5.74) is -1.30. The lowest BCUT2D eigenvalue weighted by Gasteiger charge is -2.11. The Morgan fingerprint density at radius 3 is 2.26 bits per heavy atom. The van der Waals surface area contributed by atoms with Crippen molar-refractivity contribution in [1.82, 2.24) is 4.57 Å². The van der Waals surface area contributed by atoms with Crippen molar-refractivity contribution in [3.63, 3.8) is 0 Å². The lowest BCUT2D eigenvalue weighted by molar-refractivity contribution is -0.138. The van der Waals surface area contributed by atoms with Gasteiger partial charge in [-0.1, -0.05) is 23.2 Å². The van der Waals surface area contributed by atoms with Crippen LogP contribution in [0.25, 0.3) is 5.69 Å². The lowest BCUT2D eigenvalue weighted by Crippen LogP contribution is -2.19. The molecular formula is C12H6Cl2F3NO. The van der Waals surface area contributed by atoms with Gasteiger partial charge in [-0.15, -0.1) is 0 Å². The normalized spacial score (nSPS) is 11.6. The third-order valence-electron chi connectivity index (χ3n) is 2.42. The quantitative estimate of drug-likeness (QED) is 0.775. The Bertz CT molecular complexity index is 679. The first kappa shape index (κ1) is 14.0. The van der Waals surface area contributed by atoms with Gasteiger partial charge in [0.2, 0.25) is 0 Å². The topological polar surface area (TPSA) is 22.0 Å². The van der Waals surface area contributed by atoms with E-state index in [4.69, 9.17) is 23.2 Å². The summed E-state index contributed by atoms with van der Waals surface area (Å²) < 4.78 is 38.7. The minimum Gasteiger partial charge on any atom is -0.284 e. The van der Waals surface area contributed by atoms with Crippen LogP contribution in [0.3, 0.4) is 0 Å². The molecule has 0 aliphatic rings. The molecule has 0 spiro atoms. The molecule has 7 heteroatoms. The van der Waals surface area contributed by atoms with E-state index in [1.165, 1.54) is 18.2 Å². The van der Waals surface area contributed by atoms with Crippen LogP contribution in [-0.4, -0.2) is 4.57 Å². The van der Waals surface area contributed by atoms with Crippen molar-refractivity contribution in [2.45, 2.75) is 6.18 Å². The van der Waals surface area contributed by atoms with Gasteiger partial charge in [0.1, 0.15) is 0 Å². The number of pyridine rings is 1. The molecule has 0 atom stereocenters. The van der Waals surface area contributed by atoms with Gasteiger partial charge in [0.15, 0.2) is 0 Å². The number of rotatable bonds is 1. The molecule has 1 aromatic carbocycles. The van der Waals surface area contributed by atoms with Crippen LogP contribution in [0.15, 0.2) is 41.3 Å². The van der Waals surface area contributed by atoms with Crippen molar-refractivity contribution in [1.29, 1.82) is 0 Å². The third kappa shape index (κ3) is 2.93. The molecule has 0 radical (unpaired) electrons. The molecule has 100 valence electrons. The largest absolute Gasteiger partial charge is 0.417 e. The second-order valence-electron chi connectivity index (χ2n) is 3.72. The van der Waals surface area contributed by atoms with Crippen LogP contribution >= 0.6 is 23.2 Å². The SMILES string of the molecule is O=c1ccc(C(F)(F)F)cn1-c1ccc(Cl)c(Cl)c1. The molecule has 0 bridgehead atoms. The number of aromatic nitrogens is 1. The minimum absolute atomic E-state index is 0.156. The van der Waals surface area contributed by atoms with Crippen molar-refractivity contribution in [2.75, 3.05) is 0 Å². The fourth-order valence-electron chi connectivity index (χ4n) is 1.49. The Balaban J connectivity index is 2.61. The van der Waals surface area contributed by atoms with Gasteiger partial charge in [-0.25, -0.2) is 0 Å². The molecule has 2 aromatic rings. The number of hydrogen-bond donors (Lipinski definition) is 0. The van der Waals surface area contributed by atoms with Gasteiger partial charge in [0.05, 0.1) is 21.3 Å². The summed E-state index contributed by atoms with van der Waals surface area (Å²) >= 11 is 11.5. The molecule has 0 amide bonds. The van der Waals surface area contributed by atoms with Gasteiger partial charge in [-0.2, -0.15) is 13.2 Å². The molecule has 2 nitrogen and oxygen atoms in total. The maximum absolute atomic E-state index is 12.6. The summed E-state index contributed by atoms with van der Waals surface area (Å²) in [6.07, 6.45) is -3.80. The van der Waals surface area contributed by atoms with E-state index in [2.05, 4.69) is 0 Å². The average Bonchev–Trinajstić information content (AvgIpc) is 2.32. The van der Waals surface area contributed by atoms with Crippen molar-refractivity contribution in [3.8, 4) is 5.69 Å². The van der Waals surface area contributed by atoms with Gasteiger partial charge in [0, 0.05) is 12.3 Å². The Kier molecular flexibility index (Phi) is 3.60. The molecular weight excluding hydrogens is 302 g/mol. The van der Waals surface area contributed by atoms with Gasteiger partial charge >= 0.3 is 6.18 Å². The molecule has 2 rings (SSSR count). The van der Waals surface area contributed by atoms with Gasteiger partial charge in [-0.3, -0.25) is 9.36 Å². The predicted octanol–water partition coefficient (Wildman–Crippen LogP) is 4.16. The highest BCUT2D eigenvalue weighted by Crippen LogP contribution is 2.29. The molecule has 0 fully saturated rings. The second-order valence-corrected chi connectivity index (χ2v) is 4.54. The maximum Gasteiger partial charge on any atom is 0.417 e. The van der Waals surface area contributed by atoms with Crippen LogP contribution in [0.4, 0.5) is 13.2 Å². The molecule has 0 aliphatic carbocycles. The minimum atomic E-state index is -4.52. The van der Waals surface area contributed by atoms with Gasteiger partial charge in [-0.05, 0) is 24.3 Å². The molecule has 0 N–H and O–H groups in total. The van der Waals surface area contributed by atoms with E-state index in [1.54, 1.807) is 0 Å². The summed E-state index contributed by atoms with van der Waals surface area (Å²) in [6, 6.07) is 5.73. The van der Waals surface area contributed by atoms with Crippen LogP contribution < -0.4 is 5.56 Å². The van der Waals surface area contributed by atoms with Crippen molar-refractivity contribution in [3.05, 3.63) is 62.5 Å². The fraction of sp³-hybridized carbons (Fsp3) is 0.0833.